The molecule has 2 aromatic carbocycles. The molecule has 39 heavy (non-hydrogen) atoms. The molecule has 0 N–H and O–H groups in total. The van der Waals surface area contributed by atoms with Crippen LogP contribution in [0.3, 0.4) is 0 Å². The van der Waals surface area contributed by atoms with E-state index in [2.05, 4.69) is 0 Å². The Hall–Kier alpha value is -3.18. The van der Waals surface area contributed by atoms with E-state index in [9.17, 15) is 13.2 Å². The predicted molar refractivity (Wildman–Crippen MR) is 156 cm³/mol. The van der Waals surface area contributed by atoms with Gasteiger partial charge in [-0.2, -0.15) is 4.31 Å². The molecule has 1 amide bonds. The molecule has 0 saturated carbocycles. The maximum Gasteiger partial charge on any atom is 0.238 e. The lowest BCUT2D eigenvalue weighted by Gasteiger charge is -2.27. The van der Waals surface area contributed by atoms with Crippen molar-refractivity contribution in [3.63, 3.8) is 0 Å². The van der Waals surface area contributed by atoms with Gasteiger partial charge in [-0.3, -0.25) is 4.79 Å². The Kier molecular flexibility index (Phi) is 11.5. The number of nitrogens with zero attached hydrogens (tertiary/aromatic N) is 2. The number of thiophene rings is 1. The van der Waals surface area contributed by atoms with E-state index in [4.69, 9.17) is 14.2 Å². The quantitative estimate of drug-likeness (QED) is 0.265. The van der Waals surface area contributed by atoms with Gasteiger partial charge in [-0.05, 0) is 59.7 Å². The zero-order valence-corrected chi connectivity index (χ0v) is 24.5. The van der Waals surface area contributed by atoms with Gasteiger partial charge >= 0.3 is 0 Å². The molecular weight excluding hydrogens is 536 g/mol. The molecule has 0 aliphatic carbocycles. The second kappa shape index (κ2) is 14.8. The molecule has 0 aliphatic rings. The monoisotopic (exact) mass is 572 g/mol. The Morgan fingerprint density at radius 2 is 1.72 bits per heavy atom. The summed E-state index contributed by atoms with van der Waals surface area (Å²) >= 11 is 1.58. The number of hydrogen-bond acceptors (Lipinski definition) is 7. The molecule has 0 unspecified atom stereocenters. The summed E-state index contributed by atoms with van der Waals surface area (Å²) in [5.74, 6) is 0.964. The predicted octanol–water partition coefficient (Wildman–Crippen LogP) is 4.59. The topological polar surface area (TPSA) is 85.4 Å². The fourth-order valence-corrected chi connectivity index (χ4v) is 5.93. The highest BCUT2D eigenvalue weighted by Gasteiger charge is 2.25. The maximum atomic E-state index is 13.6. The first-order valence-corrected chi connectivity index (χ1v) is 14.9. The molecule has 3 aromatic rings. The van der Waals surface area contributed by atoms with Crippen molar-refractivity contribution >= 4 is 33.3 Å². The van der Waals surface area contributed by atoms with Crippen LogP contribution in [-0.4, -0.2) is 71.1 Å². The third-order valence-electron chi connectivity index (χ3n) is 6.22. The summed E-state index contributed by atoms with van der Waals surface area (Å²) in [4.78, 5) is 16.4. The molecule has 1 heterocycles. The van der Waals surface area contributed by atoms with Crippen LogP contribution < -0.4 is 9.47 Å². The molecular formula is C29H36N2O6S2. The van der Waals surface area contributed by atoms with Gasteiger partial charge in [0.25, 0.3) is 0 Å². The summed E-state index contributed by atoms with van der Waals surface area (Å²) in [6, 6.07) is 16.8. The van der Waals surface area contributed by atoms with Gasteiger partial charge in [0.15, 0.2) is 11.5 Å². The van der Waals surface area contributed by atoms with Gasteiger partial charge in [-0.25, -0.2) is 8.42 Å². The van der Waals surface area contributed by atoms with Gasteiger partial charge in [-0.1, -0.05) is 36.4 Å². The number of sulfonamides is 1. The van der Waals surface area contributed by atoms with Crippen LogP contribution in [-0.2, 0) is 32.5 Å². The van der Waals surface area contributed by atoms with Crippen molar-refractivity contribution in [1.82, 2.24) is 9.21 Å². The summed E-state index contributed by atoms with van der Waals surface area (Å²) < 4.78 is 43.5. The van der Waals surface area contributed by atoms with Crippen molar-refractivity contribution in [2.45, 2.75) is 19.9 Å². The molecule has 0 spiro atoms. The van der Waals surface area contributed by atoms with Crippen LogP contribution in [0.25, 0.3) is 6.08 Å². The molecule has 10 heteroatoms. The minimum absolute atomic E-state index is 0.0608. The van der Waals surface area contributed by atoms with Gasteiger partial charge < -0.3 is 19.1 Å². The second-order valence-electron chi connectivity index (χ2n) is 8.87. The minimum Gasteiger partial charge on any atom is -0.493 e. The average Bonchev–Trinajstić information content (AvgIpc) is 3.36. The lowest BCUT2D eigenvalue weighted by molar-refractivity contribution is -0.132. The Morgan fingerprint density at radius 3 is 2.36 bits per heavy atom. The van der Waals surface area contributed by atoms with Crippen molar-refractivity contribution in [2.24, 2.45) is 0 Å². The van der Waals surface area contributed by atoms with Crippen LogP contribution in [0.5, 0.6) is 11.5 Å². The minimum atomic E-state index is -3.88. The maximum absolute atomic E-state index is 13.6. The van der Waals surface area contributed by atoms with Gasteiger partial charge in [0.1, 0.15) is 0 Å². The normalized spacial score (nSPS) is 11.7. The SMILES string of the molecule is COCCN(CC(=O)N(CCc1ccc(OC)c(OC)c1)Cc1sccc1C)S(=O)(=O)/C=C/c1ccccc1. The van der Waals surface area contributed by atoms with Gasteiger partial charge in [0.05, 0.1) is 33.9 Å². The van der Waals surface area contributed by atoms with Crippen LogP contribution in [0.1, 0.15) is 21.6 Å². The largest absolute Gasteiger partial charge is 0.493 e. The van der Waals surface area contributed by atoms with Gasteiger partial charge in [0.2, 0.25) is 15.9 Å². The van der Waals surface area contributed by atoms with Crippen LogP contribution in [0.15, 0.2) is 65.4 Å². The average molecular weight is 573 g/mol. The van der Waals surface area contributed by atoms with Gasteiger partial charge in [-0.15, -0.1) is 11.3 Å². The summed E-state index contributed by atoms with van der Waals surface area (Å²) in [7, 11) is 0.788. The lowest BCUT2D eigenvalue weighted by atomic mass is 10.1. The molecule has 0 aliphatic heterocycles. The van der Waals surface area contributed by atoms with E-state index >= 15 is 0 Å². The van der Waals surface area contributed by atoms with Crippen LogP contribution in [0, 0.1) is 6.92 Å². The van der Waals surface area contributed by atoms with E-state index in [1.165, 1.54) is 17.5 Å². The number of hydrogen-bond donors (Lipinski definition) is 0. The van der Waals surface area contributed by atoms with Crippen molar-refractivity contribution in [3.05, 3.63) is 87.0 Å². The molecule has 0 saturated heterocycles. The summed E-state index contributed by atoms with van der Waals surface area (Å²) in [5.41, 5.74) is 2.82. The fourth-order valence-electron chi connectivity index (χ4n) is 3.89. The molecule has 8 nitrogen and oxygen atoms in total. The molecule has 210 valence electrons. The molecule has 0 bridgehead atoms. The number of rotatable bonds is 15. The number of aryl methyl sites for hydroxylation is 1. The molecule has 1 aromatic heterocycles. The highest BCUT2D eigenvalue weighted by Crippen LogP contribution is 2.28. The highest BCUT2D eigenvalue weighted by molar-refractivity contribution is 7.92. The molecule has 3 rings (SSSR count). The van der Waals surface area contributed by atoms with E-state index in [1.807, 2.05) is 66.9 Å². The first-order chi connectivity index (χ1) is 18.8. The smallest absolute Gasteiger partial charge is 0.238 e. The summed E-state index contributed by atoms with van der Waals surface area (Å²) in [6.07, 6.45) is 2.10. The Labute approximate surface area is 235 Å². The lowest BCUT2D eigenvalue weighted by Crippen LogP contribution is -2.43. The number of carbonyl (C=O) groups excluding carboxylic acids is 1. The number of carbonyl (C=O) groups is 1. The zero-order valence-electron chi connectivity index (χ0n) is 22.8. The molecule has 0 fully saturated rings. The van der Waals surface area contributed by atoms with E-state index in [1.54, 1.807) is 30.5 Å². The van der Waals surface area contributed by atoms with E-state index in [0.717, 1.165) is 27.0 Å². The first-order valence-electron chi connectivity index (χ1n) is 12.5. The molecule has 0 radical (unpaired) electrons. The highest BCUT2D eigenvalue weighted by atomic mass is 32.2. The second-order valence-corrected chi connectivity index (χ2v) is 11.7. The number of amides is 1. The van der Waals surface area contributed by atoms with Crippen molar-refractivity contribution in [2.75, 3.05) is 47.6 Å². The van der Waals surface area contributed by atoms with Crippen LogP contribution in [0.2, 0.25) is 0 Å². The van der Waals surface area contributed by atoms with E-state index in [0.29, 0.717) is 31.0 Å². The number of methoxy groups -OCH3 is 3. The van der Waals surface area contributed by atoms with E-state index in [-0.39, 0.29) is 25.6 Å². The third-order valence-corrected chi connectivity index (χ3v) is 8.74. The van der Waals surface area contributed by atoms with E-state index < -0.39 is 10.0 Å². The summed E-state index contributed by atoms with van der Waals surface area (Å²) in [5, 5.41) is 3.13. The van der Waals surface area contributed by atoms with Crippen molar-refractivity contribution in [1.29, 1.82) is 0 Å². The Morgan fingerprint density at radius 1 is 0.974 bits per heavy atom. The van der Waals surface area contributed by atoms with Gasteiger partial charge in [0, 0.05) is 30.5 Å². The Bertz CT molecular complexity index is 1340. The zero-order chi connectivity index (χ0) is 28.3. The number of ether oxygens (including phenoxy) is 3. The number of benzene rings is 2. The van der Waals surface area contributed by atoms with Crippen LogP contribution in [0.4, 0.5) is 0 Å². The fraction of sp³-hybridized carbons (Fsp3) is 0.345. The first kappa shape index (κ1) is 30.4. The van der Waals surface area contributed by atoms with Crippen molar-refractivity contribution < 1.29 is 27.4 Å². The van der Waals surface area contributed by atoms with Crippen LogP contribution >= 0.6 is 11.3 Å². The molecule has 0 atom stereocenters. The summed E-state index contributed by atoms with van der Waals surface area (Å²) in [6.45, 7) is 2.75. The third kappa shape index (κ3) is 8.93. The van der Waals surface area contributed by atoms with Crippen molar-refractivity contribution in [3.8, 4) is 11.5 Å². The standard InChI is InChI=1S/C29H36N2O6S2/c1-23-13-18-38-28(23)21-30(15-12-25-10-11-26(36-3)27(20-25)37-4)29(32)22-31(16-17-35-2)39(33,34)19-14-24-8-6-5-7-9-24/h5-11,13-14,18-20H,12,15-17,21-22H2,1-4H3/b19-14+. The Balaban J connectivity index is 1.81.